The predicted molar refractivity (Wildman–Crippen MR) is 115 cm³/mol. The van der Waals surface area contributed by atoms with Crippen molar-refractivity contribution in [3.05, 3.63) is 59.7 Å². The molecule has 0 bridgehead atoms. The molecule has 1 amide bonds. The Bertz CT molecular complexity index is 1030. The van der Waals surface area contributed by atoms with E-state index in [0.29, 0.717) is 12.0 Å². The molecule has 0 aromatic heterocycles. The number of Topliss-reactive ketones (excluding diaryl/α,β-unsaturated/α-hetero) is 1. The number of benzene rings is 2. The maximum absolute atomic E-state index is 12.6. The highest BCUT2D eigenvalue weighted by Crippen LogP contribution is 2.18. The van der Waals surface area contributed by atoms with E-state index in [-0.39, 0.29) is 41.8 Å². The first-order chi connectivity index (χ1) is 15.0. The van der Waals surface area contributed by atoms with Gasteiger partial charge in [0.15, 0.2) is 5.78 Å². The third kappa shape index (κ3) is 7.10. The number of carbonyl (C=O) groups is 2. The van der Waals surface area contributed by atoms with Crippen molar-refractivity contribution in [2.24, 2.45) is 0 Å². The molecular formula is C22H26F2N2O5S. The minimum Gasteiger partial charge on any atom is -0.435 e. The molecule has 0 atom stereocenters. The van der Waals surface area contributed by atoms with Gasteiger partial charge in [-0.3, -0.25) is 9.59 Å². The predicted octanol–water partition coefficient (Wildman–Crippen LogP) is 3.55. The van der Waals surface area contributed by atoms with Gasteiger partial charge >= 0.3 is 6.61 Å². The Balaban J connectivity index is 1.84. The van der Waals surface area contributed by atoms with Crippen molar-refractivity contribution in [1.29, 1.82) is 0 Å². The Morgan fingerprint density at radius 3 is 2.12 bits per heavy atom. The molecule has 2 aromatic carbocycles. The Labute approximate surface area is 186 Å². The van der Waals surface area contributed by atoms with Crippen LogP contribution < -0.4 is 4.74 Å². The van der Waals surface area contributed by atoms with E-state index in [0.717, 1.165) is 5.56 Å². The molecule has 0 aliphatic carbocycles. The minimum absolute atomic E-state index is 0.0397. The van der Waals surface area contributed by atoms with Gasteiger partial charge in [0.2, 0.25) is 15.9 Å². The van der Waals surface area contributed by atoms with Crippen LogP contribution in [0.5, 0.6) is 5.75 Å². The third-order valence-electron chi connectivity index (χ3n) is 4.83. The second-order valence-electron chi connectivity index (χ2n) is 7.28. The number of carbonyl (C=O) groups excluding carboxylic acids is 2. The van der Waals surface area contributed by atoms with Gasteiger partial charge in [-0.25, -0.2) is 12.7 Å². The molecule has 2 aromatic rings. The molecule has 0 heterocycles. The molecule has 0 aliphatic rings. The number of ketones is 1. The van der Waals surface area contributed by atoms with Crippen LogP contribution >= 0.6 is 0 Å². The smallest absolute Gasteiger partial charge is 0.387 e. The molecule has 174 valence electrons. The van der Waals surface area contributed by atoms with Crippen molar-refractivity contribution < 1.29 is 31.5 Å². The Kier molecular flexibility index (Phi) is 8.85. The Morgan fingerprint density at radius 1 is 1.00 bits per heavy atom. The lowest BCUT2D eigenvalue weighted by molar-refractivity contribution is -0.130. The van der Waals surface area contributed by atoms with Gasteiger partial charge in [0.05, 0.1) is 4.90 Å². The normalized spacial score (nSPS) is 11.6. The fraction of sp³-hybridized carbons (Fsp3) is 0.364. The first kappa shape index (κ1) is 25.4. The lowest BCUT2D eigenvalue weighted by Gasteiger charge is -2.20. The van der Waals surface area contributed by atoms with E-state index in [9.17, 15) is 26.8 Å². The highest BCUT2D eigenvalue weighted by molar-refractivity contribution is 7.89. The van der Waals surface area contributed by atoms with Gasteiger partial charge in [0, 0.05) is 39.2 Å². The minimum atomic E-state index is -3.73. The van der Waals surface area contributed by atoms with Crippen LogP contribution in [0.1, 0.15) is 35.7 Å². The van der Waals surface area contributed by atoms with Gasteiger partial charge in [-0.1, -0.05) is 24.3 Å². The van der Waals surface area contributed by atoms with E-state index in [2.05, 4.69) is 4.74 Å². The molecule has 0 saturated carbocycles. The standard InChI is InChI=1S/C22H26F2N2O5S/c1-16(27)18-8-12-20(13-9-18)32(29,30)26(3)14-4-5-21(28)25(2)15-17-6-10-19(11-7-17)31-22(23)24/h6-13,22H,4-5,14-15H2,1-3H3. The maximum Gasteiger partial charge on any atom is 0.387 e. The Hall–Kier alpha value is -2.85. The fourth-order valence-corrected chi connectivity index (χ4v) is 4.15. The molecular weight excluding hydrogens is 442 g/mol. The number of sulfonamides is 1. The van der Waals surface area contributed by atoms with Gasteiger partial charge in [-0.2, -0.15) is 8.78 Å². The largest absolute Gasteiger partial charge is 0.435 e. The third-order valence-corrected chi connectivity index (χ3v) is 6.70. The first-order valence-electron chi connectivity index (χ1n) is 9.85. The lowest BCUT2D eigenvalue weighted by atomic mass is 10.2. The average molecular weight is 469 g/mol. The molecule has 0 saturated heterocycles. The first-order valence-corrected chi connectivity index (χ1v) is 11.3. The summed E-state index contributed by atoms with van der Waals surface area (Å²) in [5.41, 5.74) is 1.17. The zero-order chi connectivity index (χ0) is 23.9. The monoisotopic (exact) mass is 468 g/mol. The van der Waals surface area contributed by atoms with Crippen molar-refractivity contribution in [3.63, 3.8) is 0 Å². The molecule has 0 aliphatic heterocycles. The van der Waals surface area contributed by atoms with Gasteiger partial charge in [0.1, 0.15) is 5.75 Å². The zero-order valence-corrected chi connectivity index (χ0v) is 18.9. The van der Waals surface area contributed by atoms with Crippen molar-refractivity contribution >= 4 is 21.7 Å². The number of amides is 1. The molecule has 0 spiro atoms. The van der Waals surface area contributed by atoms with E-state index >= 15 is 0 Å². The van der Waals surface area contributed by atoms with Crippen LogP contribution in [-0.4, -0.2) is 56.6 Å². The van der Waals surface area contributed by atoms with Gasteiger partial charge in [0.25, 0.3) is 0 Å². The van der Waals surface area contributed by atoms with E-state index in [1.165, 1.54) is 59.6 Å². The van der Waals surface area contributed by atoms with Crippen LogP contribution in [0.15, 0.2) is 53.4 Å². The van der Waals surface area contributed by atoms with Crippen molar-refractivity contribution in [2.75, 3.05) is 20.6 Å². The molecule has 0 N–H and O–H groups in total. The zero-order valence-electron chi connectivity index (χ0n) is 18.1. The SMILES string of the molecule is CC(=O)c1ccc(S(=O)(=O)N(C)CCCC(=O)N(C)Cc2ccc(OC(F)F)cc2)cc1. The highest BCUT2D eigenvalue weighted by Gasteiger charge is 2.21. The number of halogens is 2. The summed E-state index contributed by atoms with van der Waals surface area (Å²) in [7, 11) is -0.679. The van der Waals surface area contributed by atoms with Crippen LogP contribution in [-0.2, 0) is 21.4 Å². The second kappa shape index (κ2) is 11.1. The van der Waals surface area contributed by atoms with Crippen LogP contribution in [0.25, 0.3) is 0 Å². The maximum atomic E-state index is 12.6. The van der Waals surface area contributed by atoms with Crippen LogP contribution in [0.2, 0.25) is 0 Å². The van der Waals surface area contributed by atoms with Gasteiger partial charge < -0.3 is 9.64 Å². The summed E-state index contributed by atoms with van der Waals surface area (Å²) in [6, 6.07) is 11.7. The molecule has 0 radical (unpaired) electrons. The summed E-state index contributed by atoms with van der Waals surface area (Å²) in [6.07, 6.45) is 0.470. The quantitative estimate of drug-likeness (QED) is 0.471. The van der Waals surface area contributed by atoms with E-state index < -0.39 is 16.6 Å². The molecule has 10 heteroatoms. The number of hydrogen-bond acceptors (Lipinski definition) is 5. The molecule has 0 unspecified atom stereocenters. The van der Waals surface area contributed by atoms with Crippen LogP contribution in [0.3, 0.4) is 0 Å². The molecule has 0 fully saturated rings. The highest BCUT2D eigenvalue weighted by atomic mass is 32.2. The van der Waals surface area contributed by atoms with Gasteiger partial charge in [-0.15, -0.1) is 0 Å². The fourth-order valence-electron chi connectivity index (χ4n) is 2.94. The van der Waals surface area contributed by atoms with Crippen LogP contribution in [0, 0.1) is 0 Å². The summed E-state index contributed by atoms with van der Waals surface area (Å²) in [5, 5.41) is 0. The van der Waals surface area contributed by atoms with Crippen LogP contribution in [0.4, 0.5) is 8.78 Å². The van der Waals surface area contributed by atoms with E-state index in [4.69, 9.17) is 0 Å². The number of hydrogen-bond donors (Lipinski definition) is 0. The van der Waals surface area contributed by atoms with E-state index in [1.807, 2.05) is 0 Å². The lowest BCUT2D eigenvalue weighted by Crippen LogP contribution is -2.30. The van der Waals surface area contributed by atoms with Crippen molar-refractivity contribution in [1.82, 2.24) is 9.21 Å². The molecule has 32 heavy (non-hydrogen) atoms. The topological polar surface area (TPSA) is 84.0 Å². The summed E-state index contributed by atoms with van der Waals surface area (Å²) in [6.45, 7) is -1.06. The number of rotatable bonds is 11. The average Bonchev–Trinajstić information content (AvgIpc) is 2.74. The summed E-state index contributed by atoms with van der Waals surface area (Å²) < 4.78 is 55.2. The van der Waals surface area contributed by atoms with Crippen molar-refractivity contribution in [3.8, 4) is 5.75 Å². The van der Waals surface area contributed by atoms with E-state index in [1.54, 1.807) is 19.2 Å². The van der Waals surface area contributed by atoms with Gasteiger partial charge in [-0.05, 0) is 43.2 Å². The molecule has 2 rings (SSSR count). The number of alkyl halides is 2. The number of nitrogens with zero attached hydrogens (tertiary/aromatic N) is 2. The number of ether oxygens (including phenoxy) is 1. The Morgan fingerprint density at radius 2 is 1.59 bits per heavy atom. The summed E-state index contributed by atoms with van der Waals surface area (Å²) >= 11 is 0. The second-order valence-corrected chi connectivity index (χ2v) is 9.33. The summed E-state index contributed by atoms with van der Waals surface area (Å²) in [4.78, 5) is 25.3. The van der Waals surface area contributed by atoms with Crippen molar-refractivity contribution in [2.45, 2.75) is 37.8 Å². The summed E-state index contributed by atoms with van der Waals surface area (Å²) in [5.74, 6) is -0.283. The molecule has 7 nitrogen and oxygen atoms in total.